The minimum atomic E-state index is 0. The molecule has 1 aliphatic carbocycles. The Morgan fingerprint density at radius 3 is 2.93 bits per heavy atom. The van der Waals surface area contributed by atoms with Gasteiger partial charge >= 0.3 is 0 Å². The van der Waals surface area contributed by atoms with E-state index in [0.29, 0.717) is 6.04 Å². The lowest BCUT2D eigenvalue weighted by Crippen LogP contribution is -2.46. The third-order valence-electron chi connectivity index (χ3n) is 5.58. The zero-order valence-electron chi connectivity index (χ0n) is 16.7. The van der Waals surface area contributed by atoms with Gasteiger partial charge in [0.05, 0.1) is 0 Å². The van der Waals surface area contributed by atoms with Crippen LogP contribution in [0.4, 0.5) is 0 Å². The molecule has 2 atom stereocenters. The van der Waals surface area contributed by atoms with E-state index >= 15 is 0 Å². The standard InChI is InChI=1S/C19H34N6S.HI/c1-20-19(22-15-8-6-9-16(14-15)26-2)21-12-7-11-18-24-23-17-10-4-3-5-13-25(17)18;/h15-16H,3-14H2,1-2H3,(H2,20,21,22);1H. The third-order valence-corrected chi connectivity index (χ3v) is 6.67. The summed E-state index contributed by atoms with van der Waals surface area (Å²) in [5, 5.41) is 16.7. The van der Waals surface area contributed by atoms with Crippen LogP contribution in [0.3, 0.4) is 0 Å². The summed E-state index contributed by atoms with van der Waals surface area (Å²) in [5.74, 6) is 3.28. The average Bonchev–Trinajstić information content (AvgIpc) is 2.90. The Bertz CT molecular complexity index is 591. The Morgan fingerprint density at radius 1 is 1.22 bits per heavy atom. The van der Waals surface area contributed by atoms with Crippen LogP contribution in [-0.4, -0.2) is 51.9 Å². The van der Waals surface area contributed by atoms with Crippen molar-refractivity contribution in [3.05, 3.63) is 11.6 Å². The number of fused-ring (bicyclic) bond motifs is 1. The van der Waals surface area contributed by atoms with E-state index < -0.39 is 0 Å². The number of guanidine groups is 1. The lowest BCUT2D eigenvalue weighted by Gasteiger charge is -2.29. The Morgan fingerprint density at radius 2 is 2.11 bits per heavy atom. The first-order valence-corrected chi connectivity index (χ1v) is 11.5. The van der Waals surface area contributed by atoms with E-state index in [-0.39, 0.29) is 24.0 Å². The molecule has 3 rings (SSSR count). The molecule has 0 radical (unpaired) electrons. The van der Waals surface area contributed by atoms with Crippen molar-refractivity contribution in [2.45, 2.75) is 82.0 Å². The second kappa shape index (κ2) is 12.1. The molecule has 8 heteroatoms. The van der Waals surface area contributed by atoms with Crippen molar-refractivity contribution in [3.8, 4) is 0 Å². The van der Waals surface area contributed by atoms with Gasteiger partial charge in [-0.3, -0.25) is 4.99 Å². The second-order valence-corrected chi connectivity index (χ2v) is 8.60. The number of nitrogens with one attached hydrogen (secondary N) is 2. The molecule has 1 fully saturated rings. The SMILES string of the molecule is CN=C(NCCCc1nnc2n1CCCCC2)NC1CCCC(SC)C1.I. The first-order valence-electron chi connectivity index (χ1n) is 10.2. The van der Waals surface area contributed by atoms with E-state index in [1.54, 1.807) is 0 Å². The van der Waals surface area contributed by atoms with Gasteiger partial charge in [-0.15, -0.1) is 34.2 Å². The maximum absolute atomic E-state index is 4.42. The predicted molar refractivity (Wildman–Crippen MR) is 125 cm³/mol. The van der Waals surface area contributed by atoms with Gasteiger partial charge in [0.15, 0.2) is 5.96 Å². The van der Waals surface area contributed by atoms with Gasteiger partial charge in [-0.1, -0.05) is 12.8 Å². The van der Waals surface area contributed by atoms with Gasteiger partial charge < -0.3 is 15.2 Å². The molecule has 2 heterocycles. The maximum atomic E-state index is 4.42. The number of aryl methyl sites for hydroxylation is 2. The molecule has 2 aliphatic rings. The van der Waals surface area contributed by atoms with Crippen molar-refractivity contribution in [1.29, 1.82) is 0 Å². The number of nitrogens with zero attached hydrogens (tertiary/aromatic N) is 4. The summed E-state index contributed by atoms with van der Waals surface area (Å²) in [7, 11) is 1.86. The fourth-order valence-corrected chi connectivity index (χ4v) is 4.89. The molecular formula is C19H35IN6S. The number of aliphatic imine (C=N–C) groups is 1. The van der Waals surface area contributed by atoms with Crippen molar-refractivity contribution in [2.24, 2.45) is 4.99 Å². The molecule has 6 nitrogen and oxygen atoms in total. The lowest BCUT2D eigenvalue weighted by molar-refractivity contribution is 0.419. The Balaban J connectivity index is 0.00000261. The van der Waals surface area contributed by atoms with Crippen molar-refractivity contribution in [1.82, 2.24) is 25.4 Å². The topological polar surface area (TPSA) is 67.1 Å². The van der Waals surface area contributed by atoms with Crippen LogP contribution in [0.1, 0.15) is 63.0 Å². The fraction of sp³-hybridized carbons (Fsp3) is 0.842. The highest BCUT2D eigenvalue weighted by atomic mass is 127. The Hall–Kier alpha value is -0.510. The quantitative estimate of drug-likeness (QED) is 0.268. The van der Waals surface area contributed by atoms with Crippen LogP contribution in [0.15, 0.2) is 4.99 Å². The van der Waals surface area contributed by atoms with Gasteiger partial charge in [-0.25, -0.2) is 0 Å². The van der Waals surface area contributed by atoms with Crippen LogP contribution in [-0.2, 0) is 19.4 Å². The molecule has 1 saturated carbocycles. The zero-order chi connectivity index (χ0) is 18.2. The summed E-state index contributed by atoms with van der Waals surface area (Å²) in [4.78, 5) is 4.40. The predicted octanol–water partition coefficient (Wildman–Crippen LogP) is 3.39. The molecule has 0 saturated heterocycles. The highest BCUT2D eigenvalue weighted by molar-refractivity contribution is 14.0. The molecule has 1 aliphatic heterocycles. The smallest absolute Gasteiger partial charge is 0.191 e. The zero-order valence-corrected chi connectivity index (χ0v) is 19.9. The van der Waals surface area contributed by atoms with E-state index in [2.05, 4.69) is 36.6 Å². The minimum absolute atomic E-state index is 0. The van der Waals surface area contributed by atoms with Crippen LogP contribution >= 0.6 is 35.7 Å². The summed E-state index contributed by atoms with van der Waals surface area (Å²) < 4.78 is 2.35. The molecule has 27 heavy (non-hydrogen) atoms. The van der Waals surface area contributed by atoms with Crippen molar-refractivity contribution in [2.75, 3.05) is 19.8 Å². The van der Waals surface area contributed by atoms with Crippen LogP contribution in [0.5, 0.6) is 0 Å². The normalized spacial score (nSPS) is 23.1. The van der Waals surface area contributed by atoms with Crippen LogP contribution in [0.25, 0.3) is 0 Å². The molecule has 0 amide bonds. The molecule has 0 aromatic carbocycles. The van der Waals surface area contributed by atoms with Crippen molar-refractivity contribution in [3.63, 3.8) is 0 Å². The highest BCUT2D eigenvalue weighted by Gasteiger charge is 2.21. The molecule has 154 valence electrons. The van der Waals surface area contributed by atoms with Gasteiger partial charge in [0.2, 0.25) is 0 Å². The number of aromatic nitrogens is 3. The Labute approximate surface area is 185 Å². The first kappa shape index (κ1) is 22.8. The molecule has 2 unspecified atom stereocenters. The maximum Gasteiger partial charge on any atom is 0.191 e. The molecular weight excluding hydrogens is 471 g/mol. The van der Waals surface area contributed by atoms with Crippen molar-refractivity contribution < 1.29 is 0 Å². The summed E-state index contributed by atoms with van der Waals surface area (Å²) in [6.45, 7) is 2.01. The summed E-state index contributed by atoms with van der Waals surface area (Å²) in [5.41, 5.74) is 0. The third kappa shape index (κ3) is 6.80. The summed E-state index contributed by atoms with van der Waals surface area (Å²) >= 11 is 2.00. The number of thioether (sulfide) groups is 1. The van der Waals surface area contributed by atoms with E-state index in [9.17, 15) is 0 Å². The fourth-order valence-electron chi connectivity index (χ4n) is 4.06. The molecule has 1 aromatic heterocycles. The average molecular weight is 507 g/mol. The monoisotopic (exact) mass is 506 g/mol. The minimum Gasteiger partial charge on any atom is -0.356 e. The summed E-state index contributed by atoms with van der Waals surface area (Å²) in [6.07, 6.45) is 14.3. The number of rotatable bonds is 6. The number of halogens is 1. The van der Waals surface area contributed by atoms with Gasteiger partial charge in [-0.2, -0.15) is 11.8 Å². The highest BCUT2D eigenvalue weighted by Crippen LogP contribution is 2.26. The lowest BCUT2D eigenvalue weighted by atomic mass is 9.95. The summed E-state index contributed by atoms with van der Waals surface area (Å²) in [6, 6.07) is 0.555. The largest absolute Gasteiger partial charge is 0.356 e. The van der Waals surface area contributed by atoms with Crippen LogP contribution in [0.2, 0.25) is 0 Å². The van der Waals surface area contributed by atoms with Crippen LogP contribution < -0.4 is 10.6 Å². The van der Waals surface area contributed by atoms with Gasteiger partial charge in [0.1, 0.15) is 11.6 Å². The van der Waals surface area contributed by atoms with Gasteiger partial charge in [-0.05, 0) is 44.8 Å². The second-order valence-electron chi connectivity index (χ2n) is 7.46. The Kier molecular flexibility index (Phi) is 10.2. The van der Waals surface area contributed by atoms with E-state index in [0.717, 1.165) is 49.4 Å². The number of hydrogen-bond acceptors (Lipinski definition) is 4. The molecule has 2 N–H and O–H groups in total. The molecule has 0 spiro atoms. The number of hydrogen-bond donors (Lipinski definition) is 2. The van der Waals surface area contributed by atoms with E-state index in [1.165, 1.54) is 50.8 Å². The van der Waals surface area contributed by atoms with Gasteiger partial charge in [0.25, 0.3) is 0 Å². The van der Waals surface area contributed by atoms with Gasteiger partial charge in [0, 0.05) is 44.3 Å². The van der Waals surface area contributed by atoms with Crippen LogP contribution in [0, 0.1) is 0 Å². The molecule has 1 aromatic rings. The molecule has 0 bridgehead atoms. The van der Waals surface area contributed by atoms with Crippen molar-refractivity contribution >= 4 is 41.7 Å². The van der Waals surface area contributed by atoms with E-state index in [4.69, 9.17) is 0 Å². The first-order chi connectivity index (χ1) is 12.8. The van der Waals surface area contributed by atoms with E-state index in [1.807, 2.05) is 18.8 Å².